The maximum Gasteiger partial charge on any atom is 0.164 e. The minimum absolute atomic E-state index is 0.0341. The molecule has 0 N–H and O–H groups in total. The van der Waals surface area contributed by atoms with Gasteiger partial charge in [-0.2, -0.15) is 0 Å². The quantitative estimate of drug-likeness (QED) is 0.104. The number of benzene rings is 22. The molecule has 6 heterocycles. The molecule has 12 nitrogen and oxygen atoms in total. The third kappa shape index (κ3) is 15.5. The monoisotopic (exact) mass is 1840 g/mol. The number of nitrogens with zero attached hydrogens (tertiary/aromatic N) is 12. The normalized spacial score (nSPS) is 12.8. The summed E-state index contributed by atoms with van der Waals surface area (Å²) in [7, 11) is 0. The fourth-order valence-corrected chi connectivity index (χ4v) is 19.8. The van der Waals surface area contributed by atoms with Gasteiger partial charge in [-0.3, -0.25) is 0 Å². The van der Waals surface area contributed by atoms with Gasteiger partial charge in [0.2, 0.25) is 0 Å². The zero-order chi connectivity index (χ0) is 106. The second kappa shape index (κ2) is 36.2. The van der Waals surface area contributed by atoms with Crippen LogP contribution in [-0.4, -0.2) is 58.6 Å². The van der Waals surface area contributed by atoms with Crippen LogP contribution in [0.1, 0.15) is 17.8 Å². The van der Waals surface area contributed by atoms with Gasteiger partial charge in [0.1, 0.15) is 0 Å². The second-order valence-corrected chi connectivity index (χ2v) is 34.9. The molecule has 6 aromatic heterocycles. The van der Waals surface area contributed by atoms with Crippen molar-refractivity contribution < 1.29 is 17.8 Å². The van der Waals surface area contributed by atoms with Crippen molar-refractivity contribution in [3.63, 3.8) is 0 Å². The first-order valence-corrected chi connectivity index (χ1v) is 47.1. The standard InChI is InChI=1S/C49H32N4.2C41H26N4/c1-4-15-33(16-5-1)36-21-14-22-37(31-36)38-27-29-46-43(32-38)41-25-12-13-26-44(41)53(46)45-30-28-42(39-23-10-11-24-40(39)45)49-51-47(34-17-6-2-7-18-34)50-48(52-49)35-19-8-3-9-20-35;1-2-13-28(14-3-1)39-42-40(30-25-24-27-12-4-5-15-29(27)26-30)44-41(43-39)35-20-10-19-32-31(35)18-11-23-38(32)45-36-21-8-6-16-33(36)34-17-7-9-22-37(34)45;1-2-13-28(14-3-1)39-42-40(30-23-22-27-12-4-5-15-29(27)26-30)44-41(43-39)35-24-25-38(32-17-7-6-16-31(32)35)45-36-20-10-8-18-33(36)34-19-9-11-21-37(34)45/h1-32H;2*1-26H/i;;1D,2D,3D,8D,9D,10D,11D,13D,14D,18D,19D,20D,21D. The summed E-state index contributed by atoms with van der Waals surface area (Å²) in [4.78, 5) is 44.6. The van der Waals surface area contributed by atoms with E-state index < -0.39 is 78.6 Å². The molecule has 668 valence electrons. The van der Waals surface area contributed by atoms with Crippen LogP contribution in [0.25, 0.3) is 261 Å². The molecule has 22 aromatic carbocycles. The van der Waals surface area contributed by atoms with E-state index in [-0.39, 0.29) is 44.8 Å². The fourth-order valence-electron chi connectivity index (χ4n) is 19.8. The van der Waals surface area contributed by atoms with Crippen LogP contribution in [0.4, 0.5) is 0 Å². The van der Waals surface area contributed by atoms with E-state index >= 15 is 0 Å². The van der Waals surface area contributed by atoms with Gasteiger partial charge in [0, 0.05) is 98.5 Å². The molecule has 0 bridgehead atoms. The molecule has 28 rings (SSSR count). The highest BCUT2D eigenvalue weighted by atomic mass is 15.1. The summed E-state index contributed by atoms with van der Waals surface area (Å²) in [5.74, 6) is 3.99. The van der Waals surface area contributed by atoms with Gasteiger partial charge in [0.05, 0.1) is 68.0 Å². The van der Waals surface area contributed by atoms with Crippen molar-refractivity contribution in [2.24, 2.45) is 0 Å². The number of rotatable bonds is 14. The van der Waals surface area contributed by atoms with E-state index in [1.807, 2.05) is 133 Å². The smallest absolute Gasteiger partial charge is 0.164 e. The first kappa shape index (κ1) is 71.1. The lowest BCUT2D eigenvalue weighted by molar-refractivity contribution is 1.08. The molecular formula is C131H84N12. The van der Waals surface area contributed by atoms with Crippen LogP contribution in [0.15, 0.2) is 509 Å². The van der Waals surface area contributed by atoms with E-state index in [1.54, 1.807) is 36.4 Å². The Morgan fingerprint density at radius 1 is 0.140 bits per heavy atom. The zero-order valence-corrected chi connectivity index (χ0v) is 76.4. The van der Waals surface area contributed by atoms with Gasteiger partial charge in [-0.25, -0.2) is 44.9 Å². The van der Waals surface area contributed by atoms with Crippen molar-refractivity contribution in [3.05, 3.63) is 509 Å². The van der Waals surface area contributed by atoms with Crippen molar-refractivity contribution >= 4 is 119 Å². The summed E-state index contributed by atoms with van der Waals surface area (Å²) in [5, 5.41) is 14.5. The van der Waals surface area contributed by atoms with Crippen LogP contribution < -0.4 is 0 Å². The molecule has 0 aliphatic rings. The molecule has 28 aromatic rings. The van der Waals surface area contributed by atoms with Crippen molar-refractivity contribution in [1.82, 2.24) is 58.6 Å². The molecule has 0 unspecified atom stereocenters. The predicted molar refractivity (Wildman–Crippen MR) is 590 cm³/mol. The topological polar surface area (TPSA) is 131 Å². The van der Waals surface area contributed by atoms with Crippen LogP contribution in [0.5, 0.6) is 0 Å². The molecule has 0 spiro atoms. The lowest BCUT2D eigenvalue weighted by atomic mass is 9.98. The van der Waals surface area contributed by atoms with Crippen molar-refractivity contribution in [1.29, 1.82) is 0 Å². The summed E-state index contributed by atoms with van der Waals surface area (Å²) in [6, 6.07) is 140. The lowest BCUT2D eigenvalue weighted by Gasteiger charge is -2.15. The maximum atomic E-state index is 9.00. The van der Waals surface area contributed by atoms with Crippen LogP contribution in [0.2, 0.25) is 0 Å². The molecule has 0 saturated heterocycles. The lowest BCUT2D eigenvalue weighted by Crippen LogP contribution is -2.01. The van der Waals surface area contributed by atoms with Gasteiger partial charge in [0.25, 0.3) is 0 Å². The maximum absolute atomic E-state index is 9.00. The van der Waals surface area contributed by atoms with Crippen LogP contribution >= 0.6 is 0 Å². The molecule has 0 aliphatic heterocycles. The molecule has 0 atom stereocenters. The van der Waals surface area contributed by atoms with Gasteiger partial charge < -0.3 is 13.7 Å². The highest BCUT2D eigenvalue weighted by Gasteiger charge is 2.25. The van der Waals surface area contributed by atoms with E-state index in [0.717, 1.165) is 93.5 Å². The van der Waals surface area contributed by atoms with Crippen LogP contribution in [-0.2, 0) is 0 Å². The van der Waals surface area contributed by atoms with Gasteiger partial charge in [-0.05, 0) is 151 Å². The Labute approximate surface area is 841 Å². The Bertz CT molecular complexity index is 10500. The first-order valence-electron chi connectivity index (χ1n) is 53.6. The van der Waals surface area contributed by atoms with Crippen molar-refractivity contribution in [2.75, 3.05) is 0 Å². The van der Waals surface area contributed by atoms with Crippen molar-refractivity contribution in [2.45, 2.75) is 0 Å². The third-order valence-electron chi connectivity index (χ3n) is 26.5. The van der Waals surface area contributed by atoms with Crippen LogP contribution in [0, 0.1) is 0 Å². The molecule has 143 heavy (non-hydrogen) atoms. The first-order chi connectivity index (χ1) is 76.3. The molecule has 0 radical (unpaired) electrons. The summed E-state index contributed by atoms with van der Waals surface area (Å²) >= 11 is 0. The fraction of sp³-hybridized carbons (Fsp3) is 0. The van der Waals surface area contributed by atoms with E-state index in [2.05, 4.69) is 275 Å². The van der Waals surface area contributed by atoms with Gasteiger partial charge in [0.15, 0.2) is 52.4 Å². The molecule has 0 saturated carbocycles. The molecule has 0 fully saturated rings. The highest BCUT2D eigenvalue weighted by molar-refractivity contribution is 6.16. The molecule has 0 aliphatic carbocycles. The number of hydrogen-bond donors (Lipinski definition) is 0. The Hall–Kier alpha value is -19.4. The van der Waals surface area contributed by atoms with E-state index in [0.29, 0.717) is 62.5 Å². The van der Waals surface area contributed by atoms with Crippen molar-refractivity contribution in [3.8, 4) is 142 Å². The SMILES string of the molecule is [2H]c1c([2H])c([2H])c(-c2nc(-c3ccc4ccccc4c3)nc(-c3ccc(-n4c5c([2H])c([2H])c([2H])c([2H])c5c5c([2H])c([2H])c([2H])c([2H])c54)c4ccccc34)n2)c([2H])c1[2H].c1ccc(-c2cccc(-c3ccc4c(c3)c3ccccc3n4-c3ccc(-c4nc(-c5ccccc5)nc(-c5ccccc5)n4)c4ccccc34)c2)cc1.c1ccc(-c2nc(-c3ccc4ccccc4c3)nc(-c3cccc4c(-n5c6ccccc6c6ccccc65)cccc34)n2)cc1. The Balaban J connectivity index is 0.000000118. The van der Waals surface area contributed by atoms with Gasteiger partial charge in [-0.1, -0.05) is 418 Å². The van der Waals surface area contributed by atoms with Crippen LogP contribution in [0.3, 0.4) is 0 Å². The van der Waals surface area contributed by atoms with E-state index in [4.69, 9.17) is 57.7 Å². The average Bonchev–Trinajstić information content (AvgIpc) is 1.54. The number of hydrogen-bond acceptors (Lipinski definition) is 9. The molecule has 12 heteroatoms. The largest absolute Gasteiger partial charge is 0.309 e. The summed E-state index contributed by atoms with van der Waals surface area (Å²) in [5.41, 5.74) is 18.5. The predicted octanol–water partition coefficient (Wildman–Crippen LogP) is 33.0. The molecular weight excluding hydrogens is 1740 g/mol. The minimum Gasteiger partial charge on any atom is -0.309 e. The summed E-state index contributed by atoms with van der Waals surface area (Å²) in [6.07, 6.45) is 0. The third-order valence-corrected chi connectivity index (χ3v) is 26.5. The summed E-state index contributed by atoms with van der Waals surface area (Å²) in [6.45, 7) is 0. The Morgan fingerprint density at radius 3 is 0.902 bits per heavy atom. The highest BCUT2D eigenvalue weighted by Crippen LogP contribution is 2.45. The van der Waals surface area contributed by atoms with E-state index in [1.165, 1.54) is 64.8 Å². The number of aromatic nitrogens is 12. The molecule has 0 amide bonds. The van der Waals surface area contributed by atoms with Gasteiger partial charge >= 0.3 is 0 Å². The average molecular weight is 1840 g/mol. The Kier molecular flexibility index (Phi) is 18.0. The zero-order valence-electron chi connectivity index (χ0n) is 89.4. The number of fused-ring (bicyclic) bond motifs is 14. The summed E-state index contributed by atoms with van der Waals surface area (Å²) < 4.78 is 118. The number of para-hydroxylation sites is 5. The second-order valence-electron chi connectivity index (χ2n) is 34.9. The van der Waals surface area contributed by atoms with Gasteiger partial charge in [-0.15, -0.1) is 0 Å². The minimum atomic E-state index is -0.566. The van der Waals surface area contributed by atoms with E-state index in [9.17, 15) is 0 Å². The Morgan fingerprint density at radius 2 is 0.434 bits per heavy atom.